The highest BCUT2D eigenvalue weighted by molar-refractivity contribution is 8.77. The number of nitrogens with zero attached hydrogens (tertiary/aromatic N) is 2. The lowest BCUT2D eigenvalue weighted by atomic mass is 10.4. The van der Waals surface area contributed by atoms with Gasteiger partial charge in [0.25, 0.3) is 0 Å². The summed E-state index contributed by atoms with van der Waals surface area (Å²) in [7, 11) is 3.26. The van der Waals surface area contributed by atoms with E-state index < -0.39 is 0 Å². The third-order valence-electron chi connectivity index (χ3n) is 1.36. The summed E-state index contributed by atoms with van der Waals surface area (Å²) in [5, 5.41) is 8.45. The molecule has 72 valence electrons. The van der Waals surface area contributed by atoms with Gasteiger partial charge in [-0.1, -0.05) is 33.7 Å². The molecule has 2 rings (SSSR count). The molecule has 0 aliphatic heterocycles. The maximum atomic E-state index is 5.78. The van der Waals surface area contributed by atoms with Gasteiger partial charge in [0.05, 0.1) is 0 Å². The van der Waals surface area contributed by atoms with Crippen LogP contribution in [0.25, 0.3) is 0 Å². The first-order valence-corrected chi connectivity index (χ1v) is 7.11. The van der Waals surface area contributed by atoms with Gasteiger partial charge in [0.2, 0.25) is 0 Å². The number of benzene rings is 1. The number of hydrogen-bond donors (Lipinski definition) is 0. The first-order chi connectivity index (χ1) is 6.84. The van der Waals surface area contributed by atoms with E-state index in [1.807, 2.05) is 24.3 Å². The molecule has 0 bridgehead atoms. The molecule has 0 amide bonds. The smallest absolute Gasteiger partial charge is 0.146 e. The van der Waals surface area contributed by atoms with Crippen LogP contribution in [0, 0.1) is 0 Å². The average Bonchev–Trinajstić information content (AvgIpc) is 2.70. The minimum absolute atomic E-state index is 0.760. The van der Waals surface area contributed by atoms with Crippen molar-refractivity contribution >= 4 is 44.5 Å². The Morgan fingerprint density at radius 3 is 2.57 bits per heavy atom. The largest absolute Gasteiger partial charge is 0.184 e. The van der Waals surface area contributed by atoms with Crippen LogP contribution in [-0.2, 0) is 0 Å². The lowest BCUT2D eigenvalue weighted by molar-refractivity contribution is 1.01. The summed E-state index contributed by atoms with van der Waals surface area (Å²) in [5.74, 6) is 0. The van der Waals surface area contributed by atoms with Gasteiger partial charge in [0, 0.05) is 9.92 Å². The van der Waals surface area contributed by atoms with Crippen molar-refractivity contribution in [3.05, 3.63) is 34.8 Å². The van der Waals surface area contributed by atoms with Gasteiger partial charge < -0.3 is 0 Å². The summed E-state index contributed by atoms with van der Waals surface area (Å²) in [6.07, 6.45) is 0. The highest BCUT2D eigenvalue weighted by Gasteiger charge is 1.99. The van der Waals surface area contributed by atoms with Crippen LogP contribution >= 0.6 is 44.5 Å². The highest BCUT2D eigenvalue weighted by atomic mass is 35.5. The minimum Gasteiger partial charge on any atom is -0.146 e. The van der Waals surface area contributed by atoms with Crippen molar-refractivity contribution in [2.24, 2.45) is 0 Å². The fraction of sp³-hybridized carbons (Fsp3) is 0. The minimum atomic E-state index is 0.760. The molecular weight excluding hydrogens is 256 g/mol. The van der Waals surface area contributed by atoms with Crippen LogP contribution in [-0.4, -0.2) is 10.2 Å². The molecule has 0 atom stereocenters. The fourth-order valence-corrected chi connectivity index (χ4v) is 3.55. The zero-order valence-electron chi connectivity index (χ0n) is 6.88. The fourth-order valence-electron chi connectivity index (χ4n) is 0.773. The van der Waals surface area contributed by atoms with Gasteiger partial charge >= 0.3 is 0 Å². The van der Waals surface area contributed by atoms with Crippen molar-refractivity contribution in [2.75, 3.05) is 0 Å². The van der Waals surface area contributed by atoms with E-state index in [9.17, 15) is 0 Å². The van der Waals surface area contributed by atoms with E-state index in [0.29, 0.717) is 0 Å². The first kappa shape index (κ1) is 10.3. The van der Waals surface area contributed by atoms with Crippen LogP contribution in [0.5, 0.6) is 0 Å². The lowest BCUT2D eigenvalue weighted by Gasteiger charge is -1.96. The molecule has 2 aromatic rings. The van der Waals surface area contributed by atoms with Gasteiger partial charge in [0.15, 0.2) is 4.34 Å². The number of aromatic nitrogens is 2. The third kappa shape index (κ3) is 2.88. The molecule has 14 heavy (non-hydrogen) atoms. The average molecular weight is 261 g/mol. The molecule has 0 saturated carbocycles. The van der Waals surface area contributed by atoms with Crippen LogP contribution in [0.4, 0.5) is 0 Å². The molecule has 0 saturated heterocycles. The molecule has 1 heterocycles. The molecule has 0 fully saturated rings. The molecule has 0 aliphatic carbocycles. The van der Waals surface area contributed by atoms with E-state index >= 15 is 0 Å². The molecule has 0 N–H and O–H groups in total. The highest BCUT2D eigenvalue weighted by Crippen LogP contribution is 2.37. The van der Waals surface area contributed by atoms with E-state index in [-0.39, 0.29) is 0 Å². The Balaban J connectivity index is 1.95. The van der Waals surface area contributed by atoms with Crippen LogP contribution < -0.4 is 0 Å². The van der Waals surface area contributed by atoms with E-state index in [0.717, 1.165) is 14.3 Å². The quantitative estimate of drug-likeness (QED) is 0.780. The van der Waals surface area contributed by atoms with Gasteiger partial charge in [-0.2, -0.15) is 0 Å². The summed E-state index contributed by atoms with van der Waals surface area (Å²) >= 11 is 7.31. The lowest BCUT2D eigenvalue weighted by Crippen LogP contribution is -1.69. The van der Waals surface area contributed by atoms with Gasteiger partial charge in [-0.15, -0.1) is 10.2 Å². The summed E-state index contributed by atoms with van der Waals surface area (Å²) in [6.45, 7) is 0. The molecule has 0 radical (unpaired) electrons. The van der Waals surface area contributed by atoms with Crippen LogP contribution in [0.1, 0.15) is 0 Å². The van der Waals surface area contributed by atoms with E-state index in [2.05, 4.69) is 10.2 Å². The SMILES string of the molecule is Clc1ccc(SSc2nncs2)cc1. The van der Waals surface area contributed by atoms with Crippen LogP contribution in [0.15, 0.2) is 39.0 Å². The molecule has 0 unspecified atom stereocenters. The normalized spacial score (nSPS) is 10.4. The topological polar surface area (TPSA) is 25.8 Å². The van der Waals surface area contributed by atoms with Gasteiger partial charge in [-0.05, 0) is 35.1 Å². The second-order valence-corrected chi connectivity index (χ2v) is 6.04. The summed E-state index contributed by atoms with van der Waals surface area (Å²) in [6, 6.07) is 7.73. The van der Waals surface area contributed by atoms with Crippen molar-refractivity contribution in [3.8, 4) is 0 Å². The van der Waals surface area contributed by atoms with Crippen molar-refractivity contribution in [3.63, 3.8) is 0 Å². The summed E-state index contributed by atoms with van der Waals surface area (Å²) in [5.41, 5.74) is 1.73. The van der Waals surface area contributed by atoms with Crippen LogP contribution in [0.3, 0.4) is 0 Å². The van der Waals surface area contributed by atoms with Gasteiger partial charge in [-0.3, -0.25) is 0 Å². The molecule has 0 aliphatic rings. The second-order valence-electron chi connectivity index (χ2n) is 2.33. The Morgan fingerprint density at radius 2 is 1.93 bits per heavy atom. The van der Waals surface area contributed by atoms with Crippen molar-refractivity contribution < 1.29 is 0 Å². The number of hydrogen-bond acceptors (Lipinski definition) is 5. The van der Waals surface area contributed by atoms with Gasteiger partial charge in [-0.25, -0.2) is 0 Å². The second kappa shape index (κ2) is 5.02. The predicted octanol–water partition coefficient (Wildman–Crippen LogP) is 3.99. The van der Waals surface area contributed by atoms with Crippen molar-refractivity contribution in [1.29, 1.82) is 0 Å². The molecular formula is C8H5ClN2S3. The Labute approximate surface area is 98.5 Å². The Kier molecular flexibility index (Phi) is 3.69. The molecule has 1 aromatic carbocycles. The van der Waals surface area contributed by atoms with E-state index in [1.54, 1.807) is 27.1 Å². The Morgan fingerprint density at radius 1 is 1.14 bits per heavy atom. The van der Waals surface area contributed by atoms with Crippen molar-refractivity contribution in [1.82, 2.24) is 10.2 Å². The standard InChI is InChI=1S/C8H5ClN2S3/c9-6-1-3-7(4-2-6)13-14-8-11-10-5-12-8/h1-5H. The van der Waals surface area contributed by atoms with Gasteiger partial charge in [0.1, 0.15) is 5.51 Å². The molecule has 2 nitrogen and oxygen atoms in total. The maximum Gasteiger partial charge on any atom is 0.184 e. The zero-order valence-corrected chi connectivity index (χ0v) is 10.1. The van der Waals surface area contributed by atoms with E-state index in [1.165, 1.54) is 11.3 Å². The predicted molar refractivity (Wildman–Crippen MR) is 63.1 cm³/mol. The molecule has 1 aromatic heterocycles. The first-order valence-electron chi connectivity index (χ1n) is 3.71. The molecule has 6 heteroatoms. The Hall–Kier alpha value is -0.230. The number of rotatable bonds is 3. The summed E-state index contributed by atoms with van der Waals surface area (Å²) in [4.78, 5) is 1.16. The summed E-state index contributed by atoms with van der Waals surface area (Å²) < 4.78 is 0.963. The third-order valence-corrected chi connectivity index (χ3v) is 5.03. The molecule has 0 spiro atoms. The monoisotopic (exact) mass is 260 g/mol. The van der Waals surface area contributed by atoms with Crippen molar-refractivity contribution in [2.45, 2.75) is 9.24 Å². The van der Waals surface area contributed by atoms with E-state index in [4.69, 9.17) is 11.6 Å². The Bertz CT molecular complexity index is 387. The maximum absolute atomic E-state index is 5.78. The van der Waals surface area contributed by atoms with Crippen LogP contribution in [0.2, 0.25) is 5.02 Å². The number of halogens is 1. The zero-order chi connectivity index (χ0) is 9.80.